The molecule has 0 radical (unpaired) electrons. The highest BCUT2D eigenvalue weighted by molar-refractivity contribution is 7.10. The van der Waals surface area contributed by atoms with Crippen LogP contribution in [0.2, 0.25) is 0 Å². The highest BCUT2D eigenvalue weighted by Gasteiger charge is 2.14. The molecule has 0 aliphatic heterocycles. The van der Waals surface area contributed by atoms with Gasteiger partial charge in [0.25, 0.3) is 0 Å². The number of nitrogens with one attached hydrogen (secondary N) is 1. The Morgan fingerprint density at radius 3 is 2.42 bits per heavy atom. The highest BCUT2D eigenvalue weighted by Crippen LogP contribution is 2.28. The average Bonchev–Trinajstić information content (AvgIpc) is 2.83. The number of ether oxygens (including phenoxy) is 1. The lowest BCUT2D eigenvalue weighted by Crippen LogP contribution is -2.29. The van der Waals surface area contributed by atoms with Gasteiger partial charge in [-0.2, -0.15) is 0 Å². The van der Waals surface area contributed by atoms with Crippen molar-refractivity contribution in [1.82, 2.24) is 5.43 Å². The monoisotopic (exact) mass is 276 g/mol. The zero-order valence-electron chi connectivity index (χ0n) is 11.6. The summed E-state index contributed by atoms with van der Waals surface area (Å²) in [6.45, 7) is 4.24. The molecule has 0 fully saturated rings. The minimum atomic E-state index is 0.120. The lowest BCUT2D eigenvalue weighted by Gasteiger charge is -2.15. The molecule has 0 aliphatic rings. The van der Waals surface area contributed by atoms with Crippen LogP contribution in [0.5, 0.6) is 5.75 Å². The van der Waals surface area contributed by atoms with Crippen molar-refractivity contribution >= 4 is 11.3 Å². The quantitative estimate of drug-likeness (QED) is 0.651. The van der Waals surface area contributed by atoms with E-state index in [9.17, 15) is 0 Å². The van der Waals surface area contributed by atoms with Gasteiger partial charge in [-0.3, -0.25) is 11.3 Å². The van der Waals surface area contributed by atoms with Gasteiger partial charge in [-0.15, -0.1) is 11.3 Å². The summed E-state index contributed by atoms with van der Waals surface area (Å²) < 4.78 is 5.22. The van der Waals surface area contributed by atoms with E-state index in [-0.39, 0.29) is 6.04 Å². The molecule has 4 heteroatoms. The number of aryl methyl sites for hydroxylation is 2. The molecule has 0 amide bonds. The van der Waals surface area contributed by atoms with Crippen LogP contribution in [0.1, 0.15) is 27.6 Å². The van der Waals surface area contributed by atoms with Crippen LogP contribution in [0, 0.1) is 13.8 Å². The molecule has 0 saturated heterocycles. The van der Waals surface area contributed by atoms with Gasteiger partial charge in [-0.1, -0.05) is 29.3 Å². The first-order valence-corrected chi connectivity index (χ1v) is 7.16. The molecular weight excluding hydrogens is 256 g/mol. The first-order chi connectivity index (χ1) is 9.12. The number of nitrogens with two attached hydrogens (primary N) is 1. The fourth-order valence-electron chi connectivity index (χ4n) is 2.29. The first-order valence-electron chi connectivity index (χ1n) is 6.28. The van der Waals surface area contributed by atoms with Crippen molar-refractivity contribution < 1.29 is 4.74 Å². The maximum Gasteiger partial charge on any atom is 0.129 e. The maximum absolute atomic E-state index is 5.70. The van der Waals surface area contributed by atoms with Crippen molar-refractivity contribution in [3.63, 3.8) is 0 Å². The molecule has 102 valence electrons. The van der Waals surface area contributed by atoms with Crippen LogP contribution in [0.25, 0.3) is 0 Å². The van der Waals surface area contributed by atoms with Crippen LogP contribution in [0.4, 0.5) is 0 Å². The Morgan fingerprint density at radius 2 is 1.89 bits per heavy atom. The van der Waals surface area contributed by atoms with E-state index in [0.29, 0.717) is 0 Å². The van der Waals surface area contributed by atoms with Crippen molar-refractivity contribution in [3.05, 3.63) is 51.2 Å². The van der Waals surface area contributed by atoms with Crippen molar-refractivity contribution in [3.8, 4) is 5.75 Å². The second kappa shape index (κ2) is 6.19. The van der Waals surface area contributed by atoms with E-state index in [0.717, 1.165) is 12.2 Å². The van der Waals surface area contributed by atoms with Crippen molar-refractivity contribution in [2.24, 2.45) is 5.84 Å². The molecule has 0 saturated carbocycles. The Labute approximate surface area is 118 Å². The third kappa shape index (κ3) is 3.56. The summed E-state index contributed by atoms with van der Waals surface area (Å²) >= 11 is 1.67. The zero-order chi connectivity index (χ0) is 13.8. The lowest BCUT2D eigenvalue weighted by atomic mass is 10.0. The van der Waals surface area contributed by atoms with Crippen LogP contribution in [0.3, 0.4) is 0 Å². The Hall–Kier alpha value is -1.36. The van der Waals surface area contributed by atoms with Crippen LogP contribution in [-0.2, 0) is 6.42 Å². The number of hydrogen-bond donors (Lipinski definition) is 2. The number of hydrogen-bond acceptors (Lipinski definition) is 4. The zero-order valence-corrected chi connectivity index (χ0v) is 12.4. The Kier molecular flexibility index (Phi) is 4.58. The van der Waals surface area contributed by atoms with E-state index in [1.807, 2.05) is 11.4 Å². The number of thiophene rings is 1. The summed E-state index contributed by atoms with van der Waals surface area (Å²) in [4.78, 5) is 1.19. The van der Waals surface area contributed by atoms with Crippen molar-refractivity contribution in [1.29, 1.82) is 0 Å². The molecule has 0 aliphatic carbocycles. The van der Waals surface area contributed by atoms with Crippen molar-refractivity contribution in [2.45, 2.75) is 26.3 Å². The predicted octanol–water partition coefficient (Wildman–Crippen LogP) is 3.12. The molecule has 0 spiro atoms. The van der Waals surface area contributed by atoms with Gasteiger partial charge in [-0.25, -0.2) is 0 Å². The van der Waals surface area contributed by atoms with Gasteiger partial charge in [0.05, 0.1) is 13.2 Å². The van der Waals surface area contributed by atoms with Gasteiger partial charge in [-0.05, 0) is 31.9 Å². The summed E-state index contributed by atoms with van der Waals surface area (Å²) in [5, 5.41) is 2.00. The third-order valence-corrected chi connectivity index (χ3v) is 4.12. The standard InChI is InChI=1S/C15H20N2OS/c1-10-4-11(2)6-12(5-10)7-14(17-16)15-8-13(18-3)9-19-15/h4-6,8-9,14,17H,7,16H2,1-3H3. The van der Waals surface area contributed by atoms with E-state index in [4.69, 9.17) is 10.6 Å². The van der Waals surface area contributed by atoms with Crippen molar-refractivity contribution in [2.75, 3.05) is 7.11 Å². The van der Waals surface area contributed by atoms with Gasteiger partial charge in [0.2, 0.25) is 0 Å². The number of benzene rings is 1. The molecule has 3 N–H and O–H groups in total. The van der Waals surface area contributed by atoms with E-state index >= 15 is 0 Å². The van der Waals surface area contributed by atoms with Crippen LogP contribution < -0.4 is 16.0 Å². The number of hydrazine groups is 1. The largest absolute Gasteiger partial charge is 0.496 e. The fourth-order valence-corrected chi connectivity index (χ4v) is 3.20. The van der Waals surface area contributed by atoms with Gasteiger partial charge in [0, 0.05) is 10.3 Å². The van der Waals surface area contributed by atoms with Gasteiger partial charge in [0.1, 0.15) is 5.75 Å². The smallest absolute Gasteiger partial charge is 0.129 e. The minimum absolute atomic E-state index is 0.120. The molecule has 3 nitrogen and oxygen atoms in total. The van der Waals surface area contributed by atoms with Crippen LogP contribution in [-0.4, -0.2) is 7.11 Å². The lowest BCUT2D eigenvalue weighted by molar-refractivity contribution is 0.415. The third-order valence-electron chi connectivity index (χ3n) is 3.10. The summed E-state index contributed by atoms with van der Waals surface area (Å²) in [6, 6.07) is 8.76. The molecule has 1 aromatic carbocycles. The summed E-state index contributed by atoms with van der Waals surface area (Å²) in [5.41, 5.74) is 6.77. The highest BCUT2D eigenvalue weighted by atomic mass is 32.1. The number of methoxy groups -OCH3 is 1. The second-order valence-corrected chi connectivity index (χ2v) is 5.75. The fraction of sp³-hybridized carbons (Fsp3) is 0.333. The molecule has 1 unspecified atom stereocenters. The molecule has 1 atom stereocenters. The van der Waals surface area contributed by atoms with Gasteiger partial charge < -0.3 is 4.74 Å². The Bertz CT molecular complexity index is 531. The van der Waals surface area contributed by atoms with E-state index in [1.165, 1.54) is 21.6 Å². The summed E-state index contributed by atoms with van der Waals surface area (Å²) in [5.74, 6) is 6.58. The molecule has 1 aromatic heterocycles. The Morgan fingerprint density at radius 1 is 1.21 bits per heavy atom. The normalized spacial score (nSPS) is 12.4. The molecular formula is C15H20N2OS. The molecule has 0 bridgehead atoms. The van der Waals surface area contributed by atoms with E-state index < -0.39 is 0 Å². The van der Waals surface area contributed by atoms with Gasteiger partial charge in [0.15, 0.2) is 0 Å². The SMILES string of the molecule is COc1csc(C(Cc2cc(C)cc(C)c2)NN)c1. The van der Waals surface area contributed by atoms with Crippen LogP contribution >= 0.6 is 11.3 Å². The first kappa shape index (κ1) is 14.1. The molecule has 2 aromatic rings. The average molecular weight is 276 g/mol. The topological polar surface area (TPSA) is 47.3 Å². The number of rotatable bonds is 5. The molecule has 1 heterocycles. The predicted molar refractivity (Wildman–Crippen MR) is 80.6 cm³/mol. The van der Waals surface area contributed by atoms with Gasteiger partial charge >= 0.3 is 0 Å². The van der Waals surface area contributed by atoms with E-state index in [2.05, 4.69) is 37.5 Å². The molecule has 19 heavy (non-hydrogen) atoms. The van der Waals surface area contributed by atoms with Crippen LogP contribution in [0.15, 0.2) is 29.6 Å². The Balaban J connectivity index is 2.18. The van der Waals surface area contributed by atoms with E-state index in [1.54, 1.807) is 18.4 Å². The summed E-state index contributed by atoms with van der Waals surface area (Å²) in [7, 11) is 1.68. The summed E-state index contributed by atoms with van der Waals surface area (Å²) in [6.07, 6.45) is 0.878. The second-order valence-electron chi connectivity index (χ2n) is 4.81. The maximum atomic E-state index is 5.70. The molecule has 2 rings (SSSR count). The minimum Gasteiger partial charge on any atom is -0.496 e.